The lowest BCUT2D eigenvalue weighted by molar-refractivity contribution is -0.138. The maximum atomic E-state index is 13.0. The smallest absolute Gasteiger partial charge is 0.352 e. The first-order valence-corrected chi connectivity index (χ1v) is 8.60. The lowest BCUT2D eigenvalue weighted by Gasteiger charge is -2.26. The van der Waals surface area contributed by atoms with Gasteiger partial charge in [0.05, 0.1) is 5.56 Å². The first-order valence-electron chi connectivity index (χ1n) is 7.81. The molecule has 2 heterocycles. The van der Waals surface area contributed by atoms with Crippen molar-refractivity contribution in [3.8, 4) is 0 Å². The summed E-state index contributed by atoms with van der Waals surface area (Å²) in [6.07, 6.45) is 2.20. The van der Waals surface area contributed by atoms with Gasteiger partial charge >= 0.3 is 6.18 Å². The molecular weight excluding hydrogens is 397 g/mol. The Balaban J connectivity index is 1.89. The number of aromatic nitrogens is 2. The van der Waals surface area contributed by atoms with E-state index >= 15 is 0 Å². The van der Waals surface area contributed by atoms with Gasteiger partial charge in [-0.15, -0.1) is 0 Å². The number of alkyl halides is 3. The van der Waals surface area contributed by atoms with E-state index < -0.39 is 11.7 Å². The van der Waals surface area contributed by atoms with E-state index in [1.165, 1.54) is 6.07 Å². The van der Waals surface area contributed by atoms with Crippen molar-refractivity contribution >= 4 is 39.5 Å². The van der Waals surface area contributed by atoms with Gasteiger partial charge in [-0.1, -0.05) is 35.0 Å². The number of hydrogen-bond acceptors (Lipinski definition) is 4. The van der Waals surface area contributed by atoms with Gasteiger partial charge in [-0.2, -0.15) is 18.2 Å². The van der Waals surface area contributed by atoms with Crippen molar-refractivity contribution in [2.24, 2.45) is 0 Å². The third-order valence-electron chi connectivity index (χ3n) is 3.74. The standard InChI is InChI=1S/C17H16BrF3N4/c1-2-7-25-8-3-4-11-10-22-16(24-15(11)25)23-12-5-6-14(18)13(9-12)17(19,20)21/h3-6,9-10H,2,7-8H2,1H3,(H,22,23,24). The molecule has 1 aliphatic rings. The average Bonchev–Trinajstić information content (AvgIpc) is 2.56. The monoisotopic (exact) mass is 412 g/mol. The molecule has 0 amide bonds. The van der Waals surface area contributed by atoms with Crippen LogP contribution in [0.5, 0.6) is 0 Å². The average molecular weight is 413 g/mol. The normalized spacial score (nSPS) is 13.7. The van der Waals surface area contributed by atoms with Crippen LogP contribution in [0.3, 0.4) is 0 Å². The lowest BCUT2D eigenvalue weighted by atomic mass is 10.2. The first kappa shape index (κ1) is 17.7. The fourth-order valence-electron chi connectivity index (χ4n) is 2.62. The number of rotatable bonds is 4. The Morgan fingerprint density at radius 2 is 2.12 bits per heavy atom. The van der Waals surface area contributed by atoms with Gasteiger partial charge in [0, 0.05) is 35.0 Å². The Labute approximate surface area is 151 Å². The summed E-state index contributed by atoms with van der Waals surface area (Å²) < 4.78 is 39.1. The molecule has 0 aliphatic carbocycles. The molecule has 1 aromatic carbocycles. The molecule has 2 aromatic rings. The van der Waals surface area contributed by atoms with E-state index in [0.29, 0.717) is 0 Å². The summed E-state index contributed by atoms with van der Waals surface area (Å²) in [6.45, 7) is 3.69. The molecule has 8 heteroatoms. The maximum Gasteiger partial charge on any atom is 0.417 e. The van der Waals surface area contributed by atoms with Gasteiger partial charge in [-0.25, -0.2) is 4.98 Å². The Morgan fingerprint density at radius 1 is 1.32 bits per heavy atom. The predicted octanol–water partition coefficient (Wildman–Crippen LogP) is 5.24. The van der Waals surface area contributed by atoms with Gasteiger partial charge in [-0.05, 0) is 24.6 Å². The number of halogens is 4. The molecule has 0 bridgehead atoms. The minimum atomic E-state index is -4.43. The van der Waals surface area contributed by atoms with Gasteiger partial charge in [0.1, 0.15) is 5.82 Å². The second-order valence-corrected chi connectivity index (χ2v) is 6.49. The van der Waals surface area contributed by atoms with Crippen LogP contribution < -0.4 is 10.2 Å². The fraction of sp³-hybridized carbons (Fsp3) is 0.294. The highest BCUT2D eigenvalue weighted by Gasteiger charge is 2.33. The highest BCUT2D eigenvalue weighted by Crippen LogP contribution is 2.36. The van der Waals surface area contributed by atoms with Crippen LogP contribution in [0.4, 0.5) is 30.6 Å². The number of nitrogens with zero attached hydrogens (tertiary/aromatic N) is 3. The van der Waals surface area contributed by atoms with E-state index in [1.54, 1.807) is 12.3 Å². The number of hydrogen-bond donors (Lipinski definition) is 1. The molecule has 1 aromatic heterocycles. The quantitative estimate of drug-likeness (QED) is 0.744. The molecule has 132 valence electrons. The van der Waals surface area contributed by atoms with Crippen LogP contribution in [0.2, 0.25) is 0 Å². The van der Waals surface area contributed by atoms with Crippen LogP contribution in [-0.2, 0) is 6.18 Å². The zero-order chi connectivity index (χ0) is 18.0. The summed E-state index contributed by atoms with van der Waals surface area (Å²) in [5, 5.41) is 2.86. The van der Waals surface area contributed by atoms with Gasteiger partial charge in [0.15, 0.2) is 0 Å². The molecular formula is C17H16BrF3N4. The number of nitrogens with one attached hydrogen (secondary N) is 1. The zero-order valence-electron chi connectivity index (χ0n) is 13.4. The Hall–Kier alpha value is -2.09. The van der Waals surface area contributed by atoms with Crippen molar-refractivity contribution in [3.63, 3.8) is 0 Å². The fourth-order valence-corrected chi connectivity index (χ4v) is 3.09. The molecule has 25 heavy (non-hydrogen) atoms. The van der Waals surface area contributed by atoms with Gasteiger partial charge < -0.3 is 10.2 Å². The first-order chi connectivity index (χ1) is 11.9. The van der Waals surface area contributed by atoms with Gasteiger partial charge in [0.2, 0.25) is 5.95 Å². The van der Waals surface area contributed by atoms with Gasteiger partial charge in [0.25, 0.3) is 0 Å². The van der Waals surface area contributed by atoms with Crippen molar-refractivity contribution in [1.29, 1.82) is 0 Å². The second-order valence-electron chi connectivity index (χ2n) is 5.64. The molecule has 0 unspecified atom stereocenters. The maximum absolute atomic E-state index is 13.0. The summed E-state index contributed by atoms with van der Waals surface area (Å²) in [5.41, 5.74) is 0.437. The van der Waals surface area contributed by atoms with Crippen molar-refractivity contribution in [2.45, 2.75) is 19.5 Å². The molecule has 0 spiro atoms. The SMILES string of the molecule is CCCN1CC=Cc2cnc(Nc3ccc(Br)c(C(F)(F)F)c3)nc21. The van der Waals surface area contributed by atoms with E-state index in [1.807, 2.05) is 12.2 Å². The molecule has 0 saturated carbocycles. The summed E-state index contributed by atoms with van der Waals surface area (Å²) in [7, 11) is 0. The van der Waals surface area contributed by atoms with Crippen molar-refractivity contribution in [2.75, 3.05) is 23.3 Å². The van der Waals surface area contributed by atoms with Crippen molar-refractivity contribution < 1.29 is 13.2 Å². The number of fused-ring (bicyclic) bond motifs is 1. The topological polar surface area (TPSA) is 41.1 Å². The van der Waals surface area contributed by atoms with E-state index in [0.717, 1.165) is 37.0 Å². The molecule has 0 radical (unpaired) electrons. The summed E-state index contributed by atoms with van der Waals surface area (Å²) in [5.74, 6) is 1.06. The lowest BCUT2D eigenvalue weighted by Crippen LogP contribution is -2.28. The molecule has 3 rings (SSSR count). The minimum Gasteiger partial charge on any atom is -0.352 e. The second kappa shape index (κ2) is 7.03. The van der Waals surface area contributed by atoms with Crippen molar-refractivity contribution in [3.05, 3.63) is 46.1 Å². The molecule has 1 aliphatic heterocycles. The third kappa shape index (κ3) is 3.95. The van der Waals surface area contributed by atoms with Crippen LogP contribution in [0, 0.1) is 0 Å². The highest BCUT2D eigenvalue weighted by molar-refractivity contribution is 9.10. The summed E-state index contributed by atoms with van der Waals surface area (Å²) in [4.78, 5) is 10.8. The van der Waals surface area contributed by atoms with Crippen LogP contribution >= 0.6 is 15.9 Å². The van der Waals surface area contributed by atoms with E-state index in [2.05, 4.69) is 43.0 Å². The van der Waals surface area contributed by atoms with E-state index in [9.17, 15) is 13.2 Å². The molecule has 0 saturated heterocycles. The minimum absolute atomic E-state index is 0.00355. The third-order valence-corrected chi connectivity index (χ3v) is 4.43. The number of anilines is 3. The van der Waals surface area contributed by atoms with Crippen LogP contribution in [0.1, 0.15) is 24.5 Å². The predicted molar refractivity (Wildman–Crippen MR) is 96.0 cm³/mol. The van der Waals surface area contributed by atoms with Crippen LogP contribution in [0.25, 0.3) is 6.08 Å². The molecule has 4 nitrogen and oxygen atoms in total. The highest BCUT2D eigenvalue weighted by atomic mass is 79.9. The molecule has 1 N–H and O–H groups in total. The Bertz CT molecular complexity index is 805. The van der Waals surface area contributed by atoms with Gasteiger partial charge in [-0.3, -0.25) is 0 Å². The Morgan fingerprint density at radius 3 is 2.84 bits per heavy atom. The largest absolute Gasteiger partial charge is 0.417 e. The van der Waals surface area contributed by atoms with Crippen LogP contribution in [0.15, 0.2) is 34.9 Å². The molecule has 0 fully saturated rings. The van der Waals surface area contributed by atoms with Crippen molar-refractivity contribution in [1.82, 2.24) is 9.97 Å². The zero-order valence-corrected chi connectivity index (χ0v) is 15.0. The summed E-state index contributed by atoms with van der Waals surface area (Å²) in [6, 6.07) is 3.94. The number of benzene rings is 1. The van der Waals surface area contributed by atoms with Crippen LogP contribution in [-0.4, -0.2) is 23.1 Å². The summed E-state index contributed by atoms with van der Waals surface area (Å²) >= 11 is 2.93. The molecule has 0 atom stereocenters. The van der Waals surface area contributed by atoms with E-state index in [4.69, 9.17) is 0 Å². The Kier molecular flexibility index (Phi) is 4.99. The van der Waals surface area contributed by atoms with E-state index in [-0.39, 0.29) is 16.1 Å².